The van der Waals surface area contributed by atoms with Crippen molar-refractivity contribution in [2.45, 2.75) is 32.9 Å². The standard InChI is InChI=1S/C13H17N3O4/c1-7-5-14-10(8(2)12(7)20-3)6-15-13(17)9-4-11(9)16(18)19/h5,9,11H,4,6H2,1-3H3,(H,15,17)/t9-,11-/m1/s1. The molecule has 0 spiro atoms. The number of methoxy groups -OCH3 is 1. The molecule has 0 radical (unpaired) electrons. The number of aromatic nitrogens is 1. The number of nitro groups is 1. The van der Waals surface area contributed by atoms with Crippen molar-refractivity contribution in [2.24, 2.45) is 5.92 Å². The number of carbonyl (C=O) groups excluding carboxylic acids is 1. The smallest absolute Gasteiger partial charge is 0.230 e. The number of hydrogen-bond acceptors (Lipinski definition) is 5. The summed E-state index contributed by atoms with van der Waals surface area (Å²) in [7, 11) is 1.59. The highest BCUT2D eigenvalue weighted by molar-refractivity contribution is 5.81. The number of rotatable bonds is 5. The molecule has 1 amide bonds. The van der Waals surface area contributed by atoms with Crippen LogP contribution in [0.2, 0.25) is 0 Å². The Hall–Kier alpha value is -2.18. The Morgan fingerprint density at radius 2 is 2.30 bits per heavy atom. The molecule has 20 heavy (non-hydrogen) atoms. The van der Waals surface area contributed by atoms with Crippen LogP contribution in [-0.2, 0) is 11.3 Å². The molecule has 1 aromatic heterocycles. The van der Waals surface area contributed by atoms with E-state index in [2.05, 4.69) is 10.3 Å². The Bertz CT molecular complexity index is 559. The van der Waals surface area contributed by atoms with Crippen LogP contribution in [0, 0.1) is 29.9 Å². The van der Waals surface area contributed by atoms with E-state index in [1.807, 2.05) is 13.8 Å². The fraction of sp³-hybridized carbons (Fsp3) is 0.538. The Balaban J connectivity index is 1.98. The van der Waals surface area contributed by atoms with E-state index in [1.54, 1.807) is 13.3 Å². The summed E-state index contributed by atoms with van der Waals surface area (Å²) in [6, 6.07) is -0.725. The lowest BCUT2D eigenvalue weighted by Gasteiger charge is -2.12. The van der Waals surface area contributed by atoms with Crippen LogP contribution in [0.5, 0.6) is 5.75 Å². The molecule has 1 heterocycles. The third kappa shape index (κ3) is 2.71. The molecular formula is C13H17N3O4. The lowest BCUT2D eigenvalue weighted by molar-refractivity contribution is -0.497. The minimum atomic E-state index is -0.725. The molecule has 1 aliphatic carbocycles. The first-order valence-electron chi connectivity index (χ1n) is 6.36. The number of nitrogens with one attached hydrogen (secondary N) is 1. The lowest BCUT2D eigenvalue weighted by atomic mass is 10.1. The lowest BCUT2D eigenvalue weighted by Crippen LogP contribution is -2.27. The number of carbonyl (C=O) groups is 1. The second-order valence-electron chi connectivity index (χ2n) is 4.96. The normalized spacial score (nSPS) is 20.4. The quantitative estimate of drug-likeness (QED) is 0.640. The van der Waals surface area contributed by atoms with E-state index in [1.165, 1.54) is 0 Å². The summed E-state index contributed by atoms with van der Waals surface area (Å²) in [5.41, 5.74) is 2.50. The van der Waals surface area contributed by atoms with Gasteiger partial charge >= 0.3 is 0 Å². The molecular weight excluding hydrogens is 262 g/mol. The first kappa shape index (κ1) is 14.2. The van der Waals surface area contributed by atoms with Crippen LogP contribution in [0.4, 0.5) is 0 Å². The maximum atomic E-state index is 11.8. The molecule has 1 aromatic rings. The van der Waals surface area contributed by atoms with Gasteiger partial charge in [0.1, 0.15) is 11.7 Å². The second kappa shape index (κ2) is 5.44. The van der Waals surface area contributed by atoms with Gasteiger partial charge in [-0.2, -0.15) is 0 Å². The Labute approximate surface area is 116 Å². The molecule has 0 saturated heterocycles. The van der Waals surface area contributed by atoms with Gasteiger partial charge in [0.25, 0.3) is 0 Å². The zero-order valence-electron chi connectivity index (χ0n) is 11.7. The zero-order chi connectivity index (χ0) is 14.9. The van der Waals surface area contributed by atoms with E-state index < -0.39 is 16.9 Å². The summed E-state index contributed by atoms with van der Waals surface area (Å²) in [4.78, 5) is 26.1. The molecule has 7 nitrogen and oxygen atoms in total. The van der Waals surface area contributed by atoms with Gasteiger partial charge in [0.2, 0.25) is 11.9 Å². The minimum absolute atomic E-state index is 0.252. The summed E-state index contributed by atoms with van der Waals surface area (Å²) in [5.74, 6) is -0.0380. The predicted molar refractivity (Wildman–Crippen MR) is 71.0 cm³/mol. The zero-order valence-corrected chi connectivity index (χ0v) is 11.7. The number of pyridine rings is 1. The fourth-order valence-corrected chi connectivity index (χ4v) is 2.25. The molecule has 0 bridgehead atoms. The van der Waals surface area contributed by atoms with Gasteiger partial charge in [0, 0.05) is 28.7 Å². The van der Waals surface area contributed by atoms with Crippen molar-refractivity contribution in [3.05, 3.63) is 33.1 Å². The van der Waals surface area contributed by atoms with E-state index in [-0.39, 0.29) is 12.5 Å². The van der Waals surface area contributed by atoms with Crippen molar-refractivity contribution in [1.29, 1.82) is 0 Å². The van der Waals surface area contributed by atoms with E-state index in [4.69, 9.17) is 4.74 Å². The molecule has 1 saturated carbocycles. The number of nitrogens with zero attached hydrogens (tertiary/aromatic N) is 2. The average Bonchev–Trinajstić information content (AvgIpc) is 3.18. The van der Waals surface area contributed by atoms with Gasteiger partial charge < -0.3 is 10.1 Å². The largest absolute Gasteiger partial charge is 0.496 e. The minimum Gasteiger partial charge on any atom is -0.496 e. The highest BCUT2D eigenvalue weighted by Gasteiger charge is 2.53. The van der Waals surface area contributed by atoms with Crippen LogP contribution in [0.1, 0.15) is 23.2 Å². The number of hydrogen-bond donors (Lipinski definition) is 1. The van der Waals surface area contributed by atoms with E-state index in [9.17, 15) is 14.9 Å². The average molecular weight is 279 g/mol. The molecule has 1 fully saturated rings. The van der Waals surface area contributed by atoms with Crippen LogP contribution >= 0.6 is 0 Å². The maximum Gasteiger partial charge on any atom is 0.230 e. The van der Waals surface area contributed by atoms with Gasteiger partial charge in [0.15, 0.2) is 0 Å². The summed E-state index contributed by atoms with van der Waals surface area (Å²) in [5, 5.41) is 13.2. The number of aryl methyl sites for hydroxylation is 1. The van der Waals surface area contributed by atoms with Gasteiger partial charge in [-0.05, 0) is 13.8 Å². The van der Waals surface area contributed by atoms with Gasteiger partial charge in [-0.1, -0.05) is 0 Å². The fourth-order valence-electron chi connectivity index (χ4n) is 2.25. The van der Waals surface area contributed by atoms with Crippen LogP contribution in [-0.4, -0.2) is 29.0 Å². The van der Waals surface area contributed by atoms with Gasteiger partial charge in [-0.15, -0.1) is 0 Å². The van der Waals surface area contributed by atoms with Gasteiger partial charge in [0.05, 0.1) is 19.3 Å². The van der Waals surface area contributed by atoms with Crippen molar-refractivity contribution in [1.82, 2.24) is 10.3 Å². The number of amides is 1. The molecule has 0 unspecified atom stereocenters. The maximum absolute atomic E-state index is 11.8. The van der Waals surface area contributed by atoms with Crippen molar-refractivity contribution in [3.63, 3.8) is 0 Å². The molecule has 108 valence electrons. The Morgan fingerprint density at radius 3 is 2.85 bits per heavy atom. The molecule has 1 N–H and O–H groups in total. The van der Waals surface area contributed by atoms with Gasteiger partial charge in [-0.3, -0.25) is 19.9 Å². The molecule has 1 aliphatic rings. The summed E-state index contributed by atoms with van der Waals surface area (Å²) in [6.07, 6.45) is 2.01. The van der Waals surface area contributed by atoms with Crippen LogP contribution in [0.15, 0.2) is 6.20 Å². The van der Waals surface area contributed by atoms with Crippen LogP contribution < -0.4 is 10.1 Å². The third-order valence-corrected chi connectivity index (χ3v) is 3.54. The topological polar surface area (TPSA) is 94.4 Å². The van der Waals surface area contributed by atoms with Crippen LogP contribution in [0.25, 0.3) is 0 Å². The van der Waals surface area contributed by atoms with E-state index >= 15 is 0 Å². The summed E-state index contributed by atoms with van der Waals surface area (Å²) < 4.78 is 5.29. The van der Waals surface area contributed by atoms with Crippen molar-refractivity contribution in [3.8, 4) is 5.75 Å². The monoisotopic (exact) mass is 279 g/mol. The predicted octanol–water partition coefficient (Wildman–Crippen LogP) is 0.988. The SMILES string of the molecule is COc1c(C)cnc(CNC(=O)[C@@H]2C[C@H]2[N+](=O)[O-])c1C. The van der Waals surface area contributed by atoms with E-state index in [0.717, 1.165) is 16.9 Å². The summed E-state index contributed by atoms with van der Waals surface area (Å²) in [6.45, 7) is 4.02. The molecule has 7 heteroatoms. The van der Waals surface area contributed by atoms with Crippen LogP contribution in [0.3, 0.4) is 0 Å². The third-order valence-electron chi connectivity index (χ3n) is 3.54. The number of ether oxygens (including phenoxy) is 1. The summed E-state index contributed by atoms with van der Waals surface area (Å²) >= 11 is 0. The van der Waals surface area contributed by atoms with Crippen molar-refractivity contribution >= 4 is 5.91 Å². The highest BCUT2D eigenvalue weighted by Crippen LogP contribution is 2.33. The molecule has 2 atom stereocenters. The molecule has 0 aliphatic heterocycles. The van der Waals surface area contributed by atoms with E-state index in [0.29, 0.717) is 12.1 Å². The van der Waals surface area contributed by atoms with Crippen molar-refractivity contribution in [2.75, 3.05) is 7.11 Å². The first-order valence-corrected chi connectivity index (χ1v) is 6.36. The first-order chi connectivity index (χ1) is 9.45. The highest BCUT2D eigenvalue weighted by atomic mass is 16.6. The molecule has 2 rings (SSSR count). The Kier molecular flexibility index (Phi) is 3.87. The Morgan fingerprint density at radius 1 is 1.60 bits per heavy atom. The van der Waals surface area contributed by atoms with Crippen molar-refractivity contribution < 1.29 is 14.5 Å². The van der Waals surface area contributed by atoms with Gasteiger partial charge in [-0.25, -0.2) is 0 Å². The molecule has 0 aromatic carbocycles. The second-order valence-corrected chi connectivity index (χ2v) is 4.96.